The molecule has 0 radical (unpaired) electrons. The van der Waals surface area contributed by atoms with E-state index in [1.807, 2.05) is 27.1 Å². The van der Waals surface area contributed by atoms with Crippen molar-refractivity contribution in [2.45, 2.75) is 12.6 Å². The lowest BCUT2D eigenvalue weighted by Crippen LogP contribution is -2.50. The summed E-state index contributed by atoms with van der Waals surface area (Å²) in [4.78, 5) is 33.1. The van der Waals surface area contributed by atoms with Crippen LogP contribution in [0, 0.1) is 0 Å². The number of hydrogen-bond donors (Lipinski definition) is 1. The Morgan fingerprint density at radius 1 is 1.06 bits per heavy atom. The van der Waals surface area contributed by atoms with Crippen LogP contribution in [0.4, 0.5) is 18.9 Å². The van der Waals surface area contributed by atoms with Crippen LogP contribution in [0.25, 0.3) is 10.6 Å². The lowest BCUT2D eigenvalue weighted by molar-refractivity contribution is -0.137. The van der Waals surface area contributed by atoms with Gasteiger partial charge in [-0.2, -0.15) is 24.5 Å². The Bertz CT molecular complexity index is 1110. The Hall–Kier alpha value is -2.76. The summed E-state index contributed by atoms with van der Waals surface area (Å²) in [7, 11) is 0. The molecule has 0 aliphatic carbocycles. The molecule has 1 aliphatic rings. The molecule has 0 saturated carbocycles. The van der Waals surface area contributed by atoms with E-state index in [4.69, 9.17) is 0 Å². The van der Waals surface area contributed by atoms with Crippen LogP contribution in [0.3, 0.4) is 0 Å². The maximum atomic E-state index is 13.1. The highest BCUT2D eigenvalue weighted by Gasteiger charge is 2.33. The van der Waals surface area contributed by atoms with E-state index in [2.05, 4.69) is 10.3 Å². The number of rotatable bonds is 6. The first-order valence-corrected chi connectivity index (χ1v) is 12.0. The predicted molar refractivity (Wildman–Crippen MR) is 122 cm³/mol. The number of thiophene rings is 1. The number of halogens is 3. The number of piperazine rings is 1. The minimum atomic E-state index is -4.54. The van der Waals surface area contributed by atoms with Crippen LogP contribution in [0.1, 0.15) is 11.3 Å². The number of benzene rings is 1. The van der Waals surface area contributed by atoms with E-state index in [1.165, 1.54) is 29.5 Å². The summed E-state index contributed by atoms with van der Waals surface area (Å²) in [6.07, 6.45) is -4.33. The molecule has 4 rings (SSSR count). The van der Waals surface area contributed by atoms with Crippen LogP contribution < -0.4 is 5.32 Å². The normalized spacial score (nSPS) is 14.9. The van der Waals surface area contributed by atoms with Crippen molar-refractivity contribution < 1.29 is 22.8 Å². The van der Waals surface area contributed by atoms with E-state index < -0.39 is 17.6 Å². The third-order valence-corrected chi connectivity index (χ3v) is 6.87. The monoisotopic (exact) mass is 494 g/mol. The zero-order chi connectivity index (χ0) is 23.4. The minimum Gasteiger partial charge on any atom is -0.340 e. The van der Waals surface area contributed by atoms with Gasteiger partial charge in [0.15, 0.2) is 0 Å². The van der Waals surface area contributed by atoms with Gasteiger partial charge in [-0.25, -0.2) is 4.98 Å². The molecule has 0 atom stereocenters. The molecular weight excluding hydrogens is 473 g/mol. The van der Waals surface area contributed by atoms with E-state index in [0.717, 1.165) is 22.3 Å². The zero-order valence-corrected chi connectivity index (χ0v) is 19.1. The van der Waals surface area contributed by atoms with Crippen LogP contribution in [0.2, 0.25) is 0 Å². The number of para-hydroxylation sites is 1. The summed E-state index contributed by atoms with van der Waals surface area (Å²) in [5, 5.41) is 9.14. The number of carbonyl (C=O) groups excluding carboxylic acids is 2. The molecule has 1 aliphatic heterocycles. The number of amides is 2. The van der Waals surface area contributed by atoms with Gasteiger partial charge in [-0.3, -0.25) is 14.5 Å². The number of hydrogen-bond acceptors (Lipinski definition) is 6. The topological polar surface area (TPSA) is 65.5 Å². The fourth-order valence-corrected chi connectivity index (χ4v) is 5.09. The molecule has 174 valence electrons. The number of anilines is 1. The molecule has 11 heteroatoms. The first-order valence-electron chi connectivity index (χ1n) is 10.2. The molecule has 1 aromatic carbocycles. The van der Waals surface area contributed by atoms with Crippen molar-refractivity contribution in [1.82, 2.24) is 14.8 Å². The zero-order valence-electron chi connectivity index (χ0n) is 17.5. The summed E-state index contributed by atoms with van der Waals surface area (Å²) in [5.41, 5.74) is 0.650. The number of nitrogens with zero attached hydrogens (tertiary/aromatic N) is 3. The second-order valence-corrected chi connectivity index (χ2v) is 9.22. The van der Waals surface area contributed by atoms with Gasteiger partial charge in [0.2, 0.25) is 11.8 Å². The molecule has 3 heterocycles. The molecule has 0 spiro atoms. The molecule has 1 saturated heterocycles. The molecule has 2 aromatic heterocycles. The van der Waals surface area contributed by atoms with Crippen LogP contribution in [0.15, 0.2) is 46.5 Å². The van der Waals surface area contributed by atoms with E-state index in [1.54, 1.807) is 16.2 Å². The van der Waals surface area contributed by atoms with E-state index in [0.29, 0.717) is 26.2 Å². The number of carbonyl (C=O) groups is 2. The highest BCUT2D eigenvalue weighted by Crippen LogP contribution is 2.34. The van der Waals surface area contributed by atoms with Crippen molar-refractivity contribution in [2.75, 3.05) is 38.0 Å². The van der Waals surface area contributed by atoms with Gasteiger partial charge in [-0.1, -0.05) is 12.1 Å². The smallest absolute Gasteiger partial charge is 0.340 e. The maximum Gasteiger partial charge on any atom is 0.418 e. The van der Waals surface area contributed by atoms with Gasteiger partial charge < -0.3 is 10.2 Å². The predicted octanol–water partition coefficient (Wildman–Crippen LogP) is 4.22. The van der Waals surface area contributed by atoms with Gasteiger partial charge in [0.25, 0.3) is 0 Å². The van der Waals surface area contributed by atoms with Crippen molar-refractivity contribution in [3.63, 3.8) is 0 Å². The number of thiazole rings is 1. The third kappa shape index (κ3) is 5.98. The molecule has 3 aromatic rings. The quantitative estimate of drug-likeness (QED) is 0.558. The fraction of sp³-hybridized carbons (Fsp3) is 0.318. The van der Waals surface area contributed by atoms with Gasteiger partial charge in [0.1, 0.15) is 5.01 Å². The lowest BCUT2D eigenvalue weighted by atomic mass is 10.1. The molecule has 0 unspecified atom stereocenters. The summed E-state index contributed by atoms with van der Waals surface area (Å²) in [5.74, 6) is -0.546. The second-order valence-electron chi connectivity index (χ2n) is 7.58. The Morgan fingerprint density at radius 2 is 1.82 bits per heavy atom. The lowest BCUT2D eigenvalue weighted by Gasteiger charge is -2.34. The van der Waals surface area contributed by atoms with Crippen molar-refractivity contribution in [2.24, 2.45) is 0 Å². The third-order valence-electron chi connectivity index (χ3n) is 5.25. The van der Waals surface area contributed by atoms with Crippen LogP contribution in [-0.2, 0) is 22.2 Å². The summed E-state index contributed by atoms with van der Waals surface area (Å²) < 4.78 is 39.3. The average Bonchev–Trinajstić information content (AvgIpc) is 3.46. The largest absolute Gasteiger partial charge is 0.418 e. The van der Waals surface area contributed by atoms with Crippen LogP contribution in [-0.4, -0.2) is 59.3 Å². The first kappa shape index (κ1) is 23.4. The highest BCUT2D eigenvalue weighted by molar-refractivity contribution is 7.14. The van der Waals surface area contributed by atoms with Gasteiger partial charge in [-0.15, -0.1) is 11.3 Å². The van der Waals surface area contributed by atoms with E-state index in [-0.39, 0.29) is 24.6 Å². The maximum absolute atomic E-state index is 13.1. The van der Waals surface area contributed by atoms with Gasteiger partial charge in [-0.05, 0) is 23.6 Å². The van der Waals surface area contributed by atoms with E-state index in [9.17, 15) is 22.8 Å². The van der Waals surface area contributed by atoms with Crippen molar-refractivity contribution >= 4 is 40.2 Å². The van der Waals surface area contributed by atoms with Crippen molar-refractivity contribution in [1.29, 1.82) is 0 Å². The first-order chi connectivity index (χ1) is 15.8. The Balaban J connectivity index is 1.25. The molecule has 2 amide bonds. The van der Waals surface area contributed by atoms with Crippen LogP contribution in [0.5, 0.6) is 0 Å². The summed E-state index contributed by atoms with van der Waals surface area (Å²) >= 11 is 3.10. The van der Waals surface area contributed by atoms with Gasteiger partial charge in [0, 0.05) is 42.5 Å². The second kappa shape index (κ2) is 10.0. The van der Waals surface area contributed by atoms with Gasteiger partial charge >= 0.3 is 6.18 Å². The standard InChI is InChI=1S/C22H21F3N4O2S2/c23-22(24,25)17-3-1-2-4-18(17)27-19(30)12-28-6-8-29(9-7-28)20(31)11-16-14-33-21(26-16)15-5-10-32-13-15/h1-5,10,13-14H,6-9,11-12H2,(H,27,30). The molecule has 1 fully saturated rings. The molecular formula is C22H21F3N4O2S2. The van der Waals surface area contributed by atoms with Gasteiger partial charge in [0.05, 0.1) is 29.9 Å². The number of alkyl halides is 3. The fourth-order valence-electron chi connectivity index (χ4n) is 3.56. The average molecular weight is 495 g/mol. The summed E-state index contributed by atoms with van der Waals surface area (Å²) in [6, 6.07) is 6.89. The SMILES string of the molecule is O=C(CN1CCN(C(=O)Cc2csc(-c3ccsc3)n2)CC1)Nc1ccccc1C(F)(F)F. The minimum absolute atomic E-state index is 0.0274. The number of aromatic nitrogens is 1. The molecule has 33 heavy (non-hydrogen) atoms. The Kier molecular flexibility index (Phi) is 7.11. The molecule has 0 bridgehead atoms. The summed E-state index contributed by atoms with van der Waals surface area (Å²) in [6.45, 7) is 1.80. The molecule has 6 nitrogen and oxygen atoms in total. The van der Waals surface area contributed by atoms with E-state index >= 15 is 0 Å². The Morgan fingerprint density at radius 3 is 2.52 bits per heavy atom. The number of nitrogens with one attached hydrogen (secondary N) is 1. The highest BCUT2D eigenvalue weighted by atomic mass is 32.1. The van der Waals surface area contributed by atoms with Crippen LogP contribution >= 0.6 is 22.7 Å². The van der Waals surface area contributed by atoms with Crippen molar-refractivity contribution in [3.8, 4) is 10.6 Å². The molecule has 1 N–H and O–H groups in total. The Labute approximate surface area is 196 Å². The van der Waals surface area contributed by atoms with Crippen molar-refractivity contribution in [3.05, 3.63) is 57.7 Å².